The number of aryl methyl sites for hydroxylation is 1. The van der Waals surface area contributed by atoms with Gasteiger partial charge < -0.3 is 5.32 Å². The Hall–Kier alpha value is -1.12. The molecule has 1 N–H and O–H groups in total. The van der Waals surface area contributed by atoms with Crippen LogP contribution in [-0.2, 0) is 13.1 Å². The molecule has 18 heavy (non-hydrogen) atoms. The van der Waals surface area contributed by atoms with E-state index in [0.29, 0.717) is 0 Å². The molecule has 94 valence electrons. The van der Waals surface area contributed by atoms with Crippen molar-refractivity contribution in [2.75, 3.05) is 0 Å². The van der Waals surface area contributed by atoms with Crippen LogP contribution >= 0.6 is 11.3 Å². The fraction of sp³-hybridized carbons (Fsp3) is 0.375. The normalized spacial score (nSPS) is 14.9. The predicted molar refractivity (Wildman–Crippen MR) is 78.0 cm³/mol. The van der Waals surface area contributed by atoms with Crippen molar-refractivity contribution in [3.63, 3.8) is 0 Å². The van der Waals surface area contributed by atoms with Crippen LogP contribution < -0.4 is 5.32 Å². The highest BCUT2D eigenvalue weighted by molar-refractivity contribution is 7.08. The molecule has 1 saturated carbocycles. The van der Waals surface area contributed by atoms with Gasteiger partial charge >= 0.3 is 0 Å². The van der Waals surface area contributed by atoms with Gasteiger partial charge in [0.05, 0.1) is 0 Å². The van der Waals surface area contributed by atoms with Gasteiger partial charge in [-0.2, -0.15) is 11.3 Å². The summed E-state index contributed by atoms with van der Waals surface area (Å²) in [5.41, 5.74) is 5.88. The highest BCUT2D eigenvalue weighted by atomic mass is 32.1. The van der Waals surface area contributed by atoms with Crippen molar-refractivity contribution in [2.24, 2.45) is 0 Å². The molecule has 0 aliphatic heterocycles. The van der Waals surface area contributed by atoms with Gasteiger partial charge in [0.15, 0.2) is 0 Å². The molecule has 0 amide bonds. The molecule has 1 aromatic carbocycles. The van der Waals surface area contributed by atoms with Gasteiger partial charge in [0.2, 0.25) is 0 Å². The molecule has 1 aliphatic carbocycles. The summed E-state index contributed by atoms with van der Waals surface area (Å²) in [4.78, 5) is 0. The van der Waals surface area contributed by atoms with Crippen LogP contribution in [0.1, 0.15) is 41.0 Å². The first-order valence-corrected chi connectivity index (χ1v) is 7.59. The molecule has 0 bridgehead atoms. The van der Waals surface area contributed by atoms with Crippen LogP contribution in [0.2, 0.25) is 0 Å². The molecule has 1 nitrogen and oxygen atoms in total. The van der Waals surface area contributed by atoms with Crippen LogP contribution in [0.5, 0.6) is 0 Å². The van der Waals surface area contributed by atoms with Crippen LogP contribution in [0.3, 0.4) is 0 Å². The molecule has 1 heterocycles. The first kappa shape index (κ1) is 11.9. The lowest BCUT2D eigenvalue weighted by atomic mass is 10.0. The molecular formula is C16H19NS. The number of hydrogen-bond acceptors (Lipinski definition) is 2. The van der Waals surface area contributed by atoms with E-state index in [2.05, 4.69) is 47.3 Å². The van der Waals surface area contributed by atoms with Crippen molar-refractivity contribution in [1.29, 1.82) is 0 Å². The fourth-order valence-electron chi connectivity index (χ4n) is 2.39. The zero-order chi connectivity index (χ0) is 12.4. The summed E-state index contributed by atoms with van der Waals surface area (Å²) >= 11 is 1.79. The molecule has 0 unspecified atom stereocenters. The molecule has 1 fully saturated rings. The number of thiophene rings is 1. The van der Waals surface area contributed by atoms with Crippen LogP contribution in [0, 0.1) is 6.92 Å². The Balaban J connectivity index is 1.61. The largest absolute Gasteiger partial charge is 0.309 e. The van der Waals surface area contributed by atoms with E-state index < -0.39 is 0 Å². The molecule has 1 aliphatic rings. The van der Waals surface area contributed by atoms with Crippen molar-refractivity contribution in [2.45, 2.75) is 38.8 Å². The van der Waals surface area contributed by atoms with Crippen LogP contribution in [0.15, 0.2) is 35.0 Å². The van der Waals surface area contributed by atoms with E-state index in [4.69, 9.17) is 0 Å². The molecule has 0 spiro atoms. The van der Waals surface area contributed by atoms with E-state index >= 15 is 0 Å². The van der Waals surface area contributed by atoms with E-state index in [-0.39, 0.29) is 0 Å². The monoisotopic (exact) mass is 257 g/mol. The highest BCUT2D eigenvalue weighted by Crippen LogP contribution is 2.41. The minimum Gasteiger partial charge on any atom is -0.309 e. The quantitative estimate of drug-likeness (QED) is 0.845. The second kappa shape index (κ2) is 5.25. The standard InChI is InChI=1S/C16H19NS/c1-12-10-18-11-15(12)9-17-8-14-4-2-3-5-16(14)13-6-7-13/h2-5,10-11,13,17H,6-9H2,1H3. The molecule has 0 radical (unpaired) electrons. The first-order chi connectivity index (χ1) is 8.84. The van der Waals surface area contributed by atoms with Gasteiger partial charge in [0.1, 0.15) is 0 Å². The van der Waals surface area contributed by atoms with Crippen molar-refractivity contribution in [1.82, 2.24) is 5.32 Å². The average Bonchev–Trinajstić information content (AvgIpc) is 3.15. The zero-order valence-corrected chi connectivity index (χ0v) is 11.6. The van der Waals surface area contributed by atoms with Crippen molar-refractivity contribution >= 4 is 11.3 Å². The summed E-state index contributed by atoms with van der Waals surface area (Å²) in [7, 11) is 0. The van der Waals surface area contributed by atoms with Gasteiger partial charge in [-0.15, -0.1) is 0 Å². The minimum absolute atomic E-state index is 0.839. The number of hydrogen-bond donors (Lipinski definition) is 1. The van der Waals surface area contributed by atoms with E-state index in [9.17, 15) is 0 Å². The van der Waals surface area contributed by atoms with Crippen LogP contribution in [0.4, 0.5) is 0 Å². The predicted octanol–water partition coefficient (Wildman–Crippen LogP) is 4.22. The number of benzene rings is 1. The van der Waals surface area contributed by atoms with Crippen molar-refractivity contribution in [3.05, 3.63) is 57.3 Å². The van der Waals surface area contributed by atoms with E-state index in [1.807, 2.05) is 0 Å². The lowest BCUT2D eigenvalue weighted by Gasteiger charge is -2.09. The SMILES string of the molecule is Cc1cscc1CNCc1ccccc1C1CC1. The van der Waals surface area contributed by atoms with Gasteiger partial charge in [-0.25, -0.2) is 0 Å². The summed E-state index contributed by atoms with van der Waals surface area (Å²) in [6.45, 7) is 4.15. The summed E-state index contributed by atoms with van der Waals surface area (Å²) in [5, 5.41) is 8.04. The maximum Gasteiger partial charge on any atom is 0.0219 e. The lowest BCUT2D eigenvalue weighted by Crippen LogP contribution is -2.14. The molecule has 0 saturated heterocycles. The Kier molecular flexibility index (Phi) is 3.48. The summed E-state index contributed by atoms with van der Waals surface area (Å²) in [5.74, 6) is 0.839. The number of rotatable bonds is 5. The fourth-order valence-corrected chi connectivity index (χ4v) is 3.24. The Morgan fingerprint density at radius 2 is 1.89 bits per heavy atom. The molecular weight excluding hydrogens is 238 g/mol. The lowest BCUT2D eigenvalue weighted by molar-refractivity contribution is 0.687. The van der Waals surface area contributed by atoms with Gasteiger partial charge in [-0.1, -0.05) is 24.3 Å². The number of nitrogens with one attached hydrogen (secondary N) is 1. The van der Waals surface area contributed by atoms with Crippen molar-refractivity contribution < 1.29 is 0 Å². The average molecular weight is 257 g/mol. The topological polar surface area (TPSA) is 12.0 Å². The Morgan fingerprint density at radius 3 is 2.61 bits per heavy atom. The maximum absolute atomic E-state index is 3.57. The summed E-state index contributed by atoms with van der Waals surface area (Å²) in [6.07, 6.45) is 2.75. The third-order valence-corrected chi connectivity index (χ3v) is 4.58. The van der Waals surface area contributed by atoms with E-state index in [0.717, 1.165) is 19.0 Å². The Labute approximate surface area is 113 Å². The van der Waals surface area contributed by atoms with Gasteiger partial charge in [0, 0.05) is 13.1 Å². The summed E-state index contributed by atoms with van der Waals surface area (Å²) < 4.78 is 0. The van der Waals surface area contributed by atoms with E-state index in [1.54, 1.807) is 16.9 Å². The van der Waals surface area contributed by atoms with Crippen LogP contribution in [-0.4, -0.2) is 0 Å². The van der Waals surface area contributed by atoms with Crippen molar-refractivity contribution in [3.8, 4) is 0 Å². The molecule has 3 rings (SSSR count). The third kappa shape index (κ3) is 2.65. The molecule has 2 aromatic rings. The van der Waals surface area contributed by atoms with Gasteiger partial charge in [-0.05, 0) is 58.7 Å². The smallest absolute Gasteiger partial charge is 0.0219 e. The summed E-state index contributed by atoms with van der Waals surface area (Å²) in [6, 6.07) is 8.88. The Bertz CT molecular complexity index is 525. The Morgan fingerprint density at radius 1 is 1.11 bits per heavy atom. The minimum atomic E-state index is 0.839. The molecule has 1 aromatic heterocycles. The first-order valence-electron chi connectivity index (χ1n) is 6.65. The second-order valence-corrected chi connectivity index (χ2v) is 5.90. The van der Waals surface area contributed by atoms with Crippen LogP contribution in [0.25, 0.3) is 0 Å². The molecule has 2 heteroatoms. The van der Waals surface area contributed by atoms with E-state index in [1.165, 1.54) is 29.5 Å². The highest BCUT2D eigenvalue weighted by Gasteiger charge is 2.25. The molecule has 0 atom stereocenters. The zero-order valence-electron chi connectivity index (χ0n) is 10.8. The maximum atomic E-state index is 3.57. The van der Waals surface area contributed by atoms with Gasteiger partial charge in [0.25, 0.3) is 0 Å². The second-order valence-electron chi connectivity index (χ2n) is 5.16. The third-order valence-electron chi connectivity index (χ3n) is 3.66. The van der Waals surface area contributed by atoms with Gasteiger partial charge in [-0.3, -0.25) is 0 Å².